The highest BCUT2D eigenvalue weighted by atomic mass is 19.1. The van der Waals surface area contributed by atoms with E-state index in [1.807, 2.05) is 36.4 Å². The molecule has 43 heavy (non-hydrogen) atoms. The number of nitrogens with zero attached hydrogens (tertiary/aromatic N) is 2. The molecule has 2 aromatic carbocycles. The lowest BCUT2D eigenvalue weighted by Gasteiger charge is -2.31. The summed E-state index contributed by atoms with van der Waals surface area (Å²) >= 11 is 0. The van der Waals surface area contributed by atoms with Crippen LogP contribution in [-0.2, 0) is 17.9 Å². The summed E-state index contributed by atoms with van der Waals surface area (Å²) in [6.07, 6.45) is 3.53. The Kier molecular flexibility index (Phi) is 10.6. The summed E-state index contributed by atoms with van der Waals surface area (Å²) < 4.78 is 26.5. The number of urea groups is 1. The van der Waals surface area contributed by atoms with Crippen molar-refractivity contribution in [2.75, 3.05) is 7.11 Å². The normalized spacial score (nSPS) is 13.7. The van der Waals surface area contributed by atoms with E-state index in [-0.39, 0.29) is 18.2 Å². The molecule has 1 fully saturated rings. The maximum absolute atomic E-state index is 15.0. The summed E-state index contributed by atoms with van der Waals surface area (Å²) in [5.74, 6) is 0.754. The van der Waals surface area contributed by atoms with E-state index in [4.69, 9.17) is 15.2 Å². The highest BCUT2D eigenvalue weighted by molar-refractivity contribution is 5.81. The highest BCUT2D eigenvalue weighted by Gasteiger charge is 2.34. The monoisotopic (exact) mass is 591 g/mol. The number of carbonyl (C=O) groups excluding carboxylic acids is 2. The molecule has 1 aromatic heterocycles. The SMILES string of the molecule is COc1cc(-c2ccc(COc3cccc(C(CC(=O)NNC(N)=O)C4CC4)c3)cc2CN(C(C)C)C(C)C)c(F)cn1. The number of carbonyl (C=O) groups is 2. The topological polar surface area (TPSA) is 119 Å². The quantitative estimate of drug-likeness (QED) is 0.220. The molecule has 1 aliphatic rings. The lowest BCUT2D eigenvalue weighted by molar-refractivity contribution is -0.122. The summed E-state index contributed by atoms with van der Waals surface area (Å²) in [6.45, 7) is 9.57. The van der Waals surface area contributed by atoms with Crippen molar-refractivity contribution in [1.82, 2.24) is 20.7 Å². The maximum atomic E-state index is 15.0. The van der Waals surface area contributed by atoms with Gasteiger partial charge in [-0.1, -0.05) is 30.3 Å². The van der Waals surface area contributed by atoms with Crippen LogP contribution in [0.15, 0.2) is 54.7 Å². The van der Waals surface area contributed by atoms with Gasteiger partial charge in [0.25, 0.3) is 0 Å². The molecule has 1 unspecified atom stereocenters. The first kappa shape index (κ1) is 31.7. The molecule has 4 N–H and O–H groups in total. The molecule has 1 atom stereocenters. The Bertz CT molecular complexity index is 1420. The predicted molar refractivity (Wildman–Crippen MR) is 164 cm³/mol. The summed E-state index contributed by atoms with van der Waals surface area (Å²) in [4.78, 5) is 29.7. The average Bonchev–Trinajstić information content (AvgIpc) is 3.82. The van der Waals surface area contributed by atoms with E-state index in [0.29, 0.717) is 48.3 Å². The maximum Gasteiger partial charge on any atom is 0.330 e. The third kappa shape index (κ3) is 8.67. The van der Waals surface area contributed by atoms with Gasteiger partial charge >= 0.3 is 6.03 Å². The number of rotatable bonds is 13. The van der Waals surface area contributed by atoms with Gasteiger partial charge in [0, 0.05) is 36.7 Å². The van der Waals surface area contributed by atoms with Gasteiger partial charge in [-0.05, 0) is 86.8 Å². The summed E-state index contributed by atoms with van der Waals surface area (Å²) in [5, 5.41) is 0. The number of benzene rings is 2. The molecule has 0 saturated heterocycles. The van der Waals surface area contributed by atoms with E-state index in [1.165, 1.54) is 13.3 Å². The molecule has 0 radical (unpaired) electrons. The lowest BCUT2D eigenvalue weighted by atomic mass is 9.90. The van der Waals surface area contributed by atoms with Crippen molar-refractivity contribution in [2.45, 2.75) is 78.1 Å². The van der Waals surface area contributed by atoms with E-state index in [9.17, 15) is 9.59 Å². The molecular formula is C33H42FN5O4. The minimum atomic E-state index is -0.810. The third-order valence-electron chi connectivity index (χ3n) is 7.79. The van der Waals surface area contributed by atoms with Gasteiger partial charge < -0.3 is 15.2 Å². The zero-order valence-corrected chi connectivity index (χ0v) is 25.5. The molecule has 4 rings (SSSR count). The van der Waals surface area contributed by atoms with E-state index in [1.54, 1.807) is 6.07 Å². The zero-order chi connectivity index (χ0) is 31.1. The van der Waals surface area contributed by atoms with Crippen LogP contribution in [0, 0.1) is 11.7 Å². The van der Waals surface area contributed by atoms with Crippen LogP contribution in [0.4, 0.5) is 9.18 Å². The van der Waals surface area contributed by atoms with Gasteiger partial charge in [0.2, 0.25) is 11.8 Å². The Morgan fingerprint density at radius 1 is 1.05 bits per heavy atom. The third-order valence-corrected chi connectivity index (χ3v) is 7.79. The van der Waals surface area contributed by atoms with Crippen molar-refractivity contribution in [3.63, 3.8) is 0 Å². The lowest BCUT2D eigenvalue weighted by Crippen LogP contribution is -2.44. The first-order chi connectivity index (χ1) is 20.5. The summed E-state index contributed by atoms with van der Waals surface area (Å²) in [6, 6.07) is 15.2. The van der Waals surface area contributed by atoms with Crippen LogP contribution in [0.1, 0.15) is 69.6 Å². The van der Waals surface area contributed by atoms with Crippen LogP contribution in [0.3, 0.4) is 0 Å². The Labute approximate surface area is 252 Å². The van der Waals surface area contributed by atoms with E-state index in [2.05, 4.69) is 54.5 Å². The number of hydrogen-bond donors (Lipinski definition) is 3. The smallest absolute Gasteiger partial charge is 0.330 e. The van der Waals surface area contributed by atoms with Gasteiger partial charge in [-0.2, -0.15) is 0 Å². The predicted octanol–water partition coefficient (Wildman–Crippen LogP) is 5.68. The van der Waals surface area contributed by atoms with Crippen molar-refractivity contribution in [1.29, 1.82) is 0 Å². The fourth-order valence-electron chi connectivity index (χ4n) is 5.47. The molecule has 230 valence electrons. The van der Waals surface area contributed by atoms with Crippen molar-refractivity contribution < 1.29 is 23.5 Å². The zero-order valence-electron chi connectivity index (χ0n) is 25.5. The number of ether oxygens (including phenoxy) is 2. The number of hydrazine groups is 1. The van der Waals surface area contributed by atoms with Crippen LogP contribution >= 0.6 is 0 Å². The summed E-state index contributed by atoms with van der Waals surface area (Å²) in [5.41, 5.74) is 13.7. The molecular weight excluding hydrogens is 549 g/mol. The number of nitrogens with one attached hydrogen (secondary N) is 2. The number of amides is 3. The van der Waals surface area contributed by atoms with Crippen molar-refractivity contribution in [3.05, 3.63) is 77.2 Å². The second kappa shape index (κ2) is 14.3. The number of primary amides is 1. The standard InChI is InChI=1S/C33H42FN5O4/c1-20(2)39(21(3)4)18-25-13-22(9-12-27(25)29-16-32(42-5)36-17-30(29)34)19-43-26-8-6-7-24(14-26)28(23-10-11-23)15-31(40)37-38-33(35)41/h6-9,12-14,16-17,20-21,23,28H,10-11,15,18-19H2,1-5H3,(H,37,40)(H3,35,38,41). The second-order valence-electron chi connectivity index (χ2n) is 11.6. The van der Waals surface area contributed by atoms with Gasteiger partial charge in [-0.25, -0.2) is 19.6 Å². The Morgan fingerprint density at radius 3 is 2.44 bits per heavy atom. The first-order valence-electron chi connectivity index (χ1n) is 14.7. The van der Waals surface area contributed by atoms with Gasteiger partial charge in [-0.15, -0.1) is 0 Å². The molecule has 3 amide bonds. The fraction of sp³-hybridized carbons (Fsp3) is 0.424. The Hall–Kier alpha value is -4.18. The minimum Gasteiger partial charge on any atom is -0.489 e. The van der Waals surface area contributed by atoms with Crippen LogP contribution in [0.2, 0.25) is 0 Å². The van der Waals surface area contributed by atoms with Gasteiger partial charge in [-0.3, -0.25) is 15.1 Å². The number of aromatic nitrogens is 1. The number of pyridine rings is 1. The van der Waals surface area contributed by atoms with E-state index in [0.717, 1.165) is 35.1 Å². The molecule has 1 aliphatic carbocycles. The van der Waals surface area contributed by atoms with Crippen LogP contribution in [0.5, 0.6) is 11.6 Å². The van der Waals surface area contributed by atoms with Crippen LogP contribution < -0.4 is 26.1 Å². The number of hydrogen-bond acceptors (Lipinski definition) is 6. The van der Waals surface area contributed by atoms with E-state index < -0.39 is 11.8 Å². The Morgan fingerprint density at radius 2 is 1.79 bits per heavy atom. The van der Waals surface area contributed by atoms with Crippen molar-refractivity contribution in [3.8, 4) is 22.8 Å². The van der Waals surface area contributed by atoms with Crippen molar-refractivity contribution >= 4 is 11.9 Å². The molecule has 0 bridgehead atoms. The first-order valence-corrected chi connectivity index (χ1v) is 14.7. The fourth-order valence-corrected chi connectivity index (χ4v) is 5.47. The molecule has 1 saturated carbocycles. The van der Waals surface area contributed by atoms with Gasteiger partial charge in [0.05, 0.1) is 13.3 Å². The number of halogens is 1. The molecule has 1 heterocycles. The molecule has 9 nitrogen and oxygen atoms in total. The number of methoxy groups -OCH3 is 1. The molecule has 0 spiro atoms. The van der Waals surface area contributed by atoms with Gasteiger partial charge in [0.1, 0.15) is 18.2 Å². The largest absolute Gasteiger partial charge is 0.489 e. The highest BCUT2D eigenvalue weighted by Crippen LogP contribution is 2.45. The van der Waals surface area contributed by atoms with Crippen molar-refractivity contribution in [2.24, 2.45) is 11.7 Å². The average molecular weight is 592 g/mol. The Balaban J connectivity index is 1.56. The van der Waals surface area contributed by atoms with Crippen LogP contribution in [0.25, 0.3) is 11.1 Å². The van der Waals surface area contributed by atoms with E-state index >= 15 is 4.39 Å². The molecule has 10 heteroatoms. The minimum absolute atomic E-state index is 0.00872. The second-order valence-corrected chi connectivity index (χ2v) is 11.6. The molecule has 0 aliphatic heterocycles. The summed E-state index contributed by atoms with van der Waals surface area (Å²) in [7, 11) is 1.52. The van der Waals surface area contributed by atoms with Crippen LogP contribution in [-0.4, -0.2) is 41.0 Å². The van der Waals surface area contributed by atoms with Gasteiger partial charge in [0.15, 0.2) is 0 Å². The number of nitrogens with two attached hydrogens (primary N) is 1. The molecule has 3 aromatic rings.